The highest BCUT2D eigenvalue weighted by Crippen LogP contribution is 2.18. The van der Waals surface area contributed by atoms with E-state index in [9.17, 15) is 4.79 Å². The minimum atomic E-state index is -0.404. The summed E-state index contributed by atoms with van der Waals surface area (Å²) < 4.78 is 0. The molecule has 0 fully saturated rings. The number of aromatic nitrogens is 3. The van der Waals surface area contributed by atoms with Crippen LogP contribution in [0.1, 0.15) is 0 Å². The predicted molar refractivity (Wildman–Crippen MR) is 62.7 cm³/mol. The zero-order valence-corrected chi connectivity index (χ0v) is 9.03. The van der Waals surface area contributed by atoms with Crippen LogP contribution >= 0.6 is 12.6 Å². The number of anilines is 2. The van der Waals surface area contributed by atoms with Crippen LogP contribution in [-0.4, -0.2) is 21.2 Å². The zero-order valence-electron chi connectivity index (χ0n) is 8.14. The molecule has 6 nitrogen and oxygen atoms in total. The zero-order chi connectivity index (χ0) is 11.4. The Kier molecular flexibility index (Phi) is 3.06. The monoisotopic (exact) mass is 235 g/mol. The van der Waals surface area contributed by atoms with E-state index < -0.39 is 6.03 Å². The molecule has 0 unspecified atom stereocenters. The number of hydrogen-bond donors (Lipinski definition) is 4. The van der Waals surface area contributed by atoms with E-state index in [1.165, 1.54) is 6.33 Å². The largest absolute Gasteiger partial charge is 0.326 e. The Hall–Kier alpha value is -2.02. The summed E-state index contributed by atoms with van der Waals surface area (Å²) in [6, 6.07) is 6.78. The lowest BCUT2D eigenvalue weighted by atomic mass is 10.3. The molecule has 1 heterocycles. The van der Waals surface area contributed by atoms with Crippen LogP contribution in [0.3, 0.4) is 0 Å². The first kappa shape index (κ1) is 10.5. The Morgan fingerprint density at radius 3 is 2.81 bits per heavy atom. The summed E-state index contributed by atoms with van der Waals surface area (Å²) in [4.78, 5) is 15.9. The minimum Gasteiger partial charge on any atom is -0.307 e. The molecule has 82 valence electrons. The van der Waals surface area contributed by atoms with Crippen LogP contribution in [0.2, 0.25) is 0 Å². The second kappa shape index (κ2) is 4.67. The second-order valence-corrected chi connectivity index (χ2v) is 3.41. The Morgan fingerprint density at radius 2 is 2.12 bits per heavy atom. The molecule has 0 bridgehead atoms. The third-order valence-electron chi connectivity index (χ3n) is 1.80. The lowest BCUT2D eigenvalue weighted by Crippen LogP contribution is -2.20. The van der Waals surface area contributed by atoms with Crippen molar-refractivity contribution in [1.29, 1.82) is 0 Å². The van der Waals surface area contributed by atoms with Gasteiger partial charge in [0.2, 0.25) is 5.95 Å². The molecule has 0 spiro atoms. The Bertz CT molecular complexity index is 484. The topological polar surface area (TPSA) is 82.7 Å². The van der Waals surface area contributed by atoms with E-state index in [2.05, 4.69) is 38.4 Å². The van der Waals surface area contributed by atoms with Gasteiger partial charge in [0.15, 0.2) is 0 Å². The van der Waals surface area contributed by atoms with Crippen molar-refractivity contribution in [2.75, 3.05) is 10.6 Å². The molecule has 0 aliphatic rings. The van der Waals surface area contributed by atoms with Gasteiger partial charge in [-0.05, 0) is 12.1 Å². The fraction of sp³-hybridized carbons (Fsp3) is 0. The number of benzene rings is 1. The number of H-pyrrole nitrogens is 1. The smallest absolute Gasteiger partial charge is 0.307 e. The molecule has 1 aromatic carbocycles. The van der Waals surface area contributed by atoms with Crippen LogP contribution in [0.25, 0.3) is 0 Å². The van der Waals surface area contributed by atoms with E-state index in [1.54, 1.807) is 12.1 Å². The number of urea groups is 1. The minimum absolute atomic E-state index is 0.286. The molecule has 2 amide bonds. The Labute approximate surface area is 96.9 Å². The van der Waals surface area contributed by atoms with Gasteiger partial charge in [-0.1, -0.05) is 12.1 Å². The maximum atomic E-state index is 11.5. The number of carbonyl (C=O) groups is 1. The van der Waals surface area contributed by atoms with Crippen molar-refractivity contribution in [3.8, 4) is 0 Å². The number of thiol groups is 1. The molecule has 16 heavy (non-hydrogen) atoms. The Morgan fingerprint density at radius 1 is 1.31 bits per heavy atom. The number of nitrogens with zero attached hydrogens (tertiary/aromatic N) is 2. The number of rotatable bonds is 2. The standard InChI is InChI=1S/C9H9N5OS/c15-9(13-8-10-5-11-14-8)12-6-3-1-2-4-7(6)16/h1-5,16H,(H3,10,11,12,13,14,15). The fourth-order valence-electron chi connectivity index (χ4n) is 1.11. The lowest BCUT2D eigenvalue weighted by molar-refractivity contribution is 0.262. The number of nitrogens with one attached hydrogen (secondary N) is 3. The van der Waals surface area contributed by atoms with Crippen LogP contribution in [0.15, 0.2) is 35.5 Å². The SMILES string of the molecule is O=C(Nc1ncn[nH]1)Nc1ccccc1S. The summed E-state index contributed by atoms with van der Waals surface area (Å²) >= 11 is 4.21. The van der Waals surface area contributed by atoms with Gasteiger partial charge in [0, 0.05) is 4.90 Å². The molecule has 0 saturated carbocycles. The van der Waals surface area contributed by atoms with Gasteiger partial charge < -0.3 is 5.32 Å². The van der Waals surface area contributed by atoms with Gasteiger partial charge in [0.05, 0.1) is 5.69 Å². The van der Waals surface area contributed by atoms with E-state index in [1.807, 2.05) is 12.1 Å². The van der Waals surface area contributed by atoms with Crippen molar-refractivity contribution in [2.45, 2.75) is 4.90 Å². The maximum absolute atomic E-state index is 11.5. The van der Waals surface area contributed by atoms with Crippen LogP contribution in [-0.2, 0) is 0 Å². The molecule has 0 radical (unpaired) electrons. The number of para-hydroxylation sites is 1. The van der Waals surface area contributed by atoms with E-state index in [0.29, 0.717) is 10.6 Å². The van der Waals surface area contributed by atoms with Gasteiger partial charge in [0.1, 0.15) is 6.33 Å². The summed E-state index contributed by atoms with van der Waals surface area (Å²) in [7, 11) is 0. The third-order valence-corrected chi connectivity index (χ3v) is 2.19. The van der Waals surface area contributed by atoms with E-state index in [-0.39, 0.29) is 5.95 Å². The van der Waals surface area contributed by atoms with E-state index >= 15 is 0 Å². The third kappa shape index (κ3) is 2.51. The molecular formula is C9H9N5OS. The van der Waals surface area contributed by atoms with Crippen LogP contribution in [0.5, 0.6) is 0 Å². The van der Waals surface area contributed by atoms with Crippen molar-refractivity contribution in [2.24, 2.45) is 0 Å². The molecule has 3 N–H and O–H groups in total. The van der Waals surface area contributed by atoms with Crippen molar-refractivity contribution < 1.29 is 4.79 Å². The van der Waals surface area contributed by atoms with Crippen molar-refractivity contribution >= 4 is 30.3 Å². The van der Waals surface area contributed by atoms with Gasteiger partial charge in [-0.15, -0.1) is 12.6 Å². The molecule has 2 rings (SSSR count). The molecule has 0 saturated heterocycles. The van der Waals surface area contributed by atoms with E-state index in [4.69, 9.17) is 0 Å². The average Bonchev–Trinajstić information content (AvgIpc) is 2.74. The van der Waals surface area contributed by atoms with Gasteiger partial charge >= 0.3 is 6.03 Å². The first-order valence-corrected chi connectivity index (χ1v) is 4.92. The summed E-state index contributed by atoms with van der Waals surface area (Å²) in [5, 5.41) is 11.2. The second-order valence-electron chi connectivity index (χ2n) is 2.93. The first-order valence-electron chi connectivity index (χ1n) is 4.47. The Balaban J connectivity index is 2.00. The molecule has 0 aliphatic carbocycles. The van der Waals surface area contributed by atoms with Gasteiger partial charge in [-0.2, -0.15) is 10.1 Å². The van der Waals surface area contributed by atoms with Gasteiger partial charge in [0.25, 0.3) is 0 Å². The number of carbonyl (C=O) groups excluding carboxylic acids is 1. The summed E-state index contributed by atoms with van der Waals surface area (Å²) in [5.74, 6) is 0.286. The van der Waals surface area contributed by atoms with E-state index in [0.717, 1.165) is 0 Å². The number of aromatic amines is 1. The van der Waals surface area contributed by atoms with Crippen LogP contribution in [0, 0.1) is 0 Å². The summed E-state index contributed by atoms with van der Waals surface area (Å²) in [5.41, 5.74) is 0.628. The van der Waals surface area contributed by atoms with Crippen LogP contribution in [0.4, 0.5) is 16.4 Å². The van der Waals surface area contributed by atoms with Crippen molar-refractivity contribution in [1.82, 2.24) is 15.2 Å². The predicted octanol–water partition coefficient (Wildman–Crippen LogP) is 1.74. The summed E-state index contributed by atoms with van der Waals surface area (Å²) in [6.45, 7) is 0. The molecule has 7 heteroatoms. The van der Waals surface area contributed by atoms with Crippen molar-refractivity contribution in [3.05, 3.63) is 30.6 Å². The highest BCUT2D eigenvalue weighted by atomic mass is 32.1. The average molecular weight is 235 g/mol. The normalized spacial score (nSPS) is 9.81. The van der Waals surface area contributed by atoms with Crippen LogP contribution < -0.4 is 10.6 Å². The van der Waals surface area contributed by atoms with Gasteiger partial charge in [-0.3, -0.25) is 5.32 Å². The maximum Gasteiger partial charge on any atom is 0.326 e. The first-order chi connectivity index (χ1) is 7.75. The molecule has 0 atom stereocenters. The number of amides is 2. The lowest BCUT2D eigenvalue weighted by Gasteiger charge is -2.06. The highest BCUT2D eigenvalue weighted by Gasteiger charge is 2.05. The highest BCUT2D eigenvalue weighted by molar-refractivity contribution is 7.80. The number of hydrogen-bond acceptors (Lipinski definition) is 4. The molecular weight excluding hydrogens is 226 g/mol. The van der Waals surface area contributed by atoms with Gasteiger partial charge in [-0.25, -0.2) is 9.89 Å². The van der Waals surface area contributed by atoms with Crippen molar-refractivity contribution in [3.63, 3.8) is 0 Å². The molecule has 1 aromatic heterocycles. The molecule has 0 aliphatic heterocycles. The molecule has 2 aromatic rings. The summed E-state index contributed by atoms with van der Waals surface area (Å²) in [6.07, 6.45) is 1.31. The quantitative estimate of drug-likeness (QED) is 0.598. The fourth-order valence-corrected chi connectivity index (χ4v) is 1.32.